The van der Waals surface area contributed by atoms with Gasteiger partial charge >= 0.3 is 5.97 Å². The number of aliphatic imine (C=N–C) groups is 1. The number of hydrogen-bond donors (Lipinski definition) is 2. The van der Waals surface area contributed by atoms with Gasteiger partial charge in [-0.1, -0.05) is 0 Å². The molecular weight excluding hydrogens is 332 g/mol. The van der Waals surface area contributed by atoms with Gasteiger partial charge < -0.3 is 15.0 Å². The first-order valence-corrected chi connectivity index (χ1v) is 10.3. The molecule has 1 rings (SSSR count). The molecule has 1 fully saturated rings. The molecule has 9 heteroatoms. The highest BCUT2D eigenvalue weighted by Gasteiger charge is 2.28. The Morgan fingerprint density at radius 3 is 2.71 bits per heavy atom. The zero-order chi connectivity index (χ0) is 18.0. The van der Waals surface area contributed by atoms with Crippen molar-refractivity contribution >= 4 is 22.0 Å². The summed E-state index contributed by atoms with van der Waals surface area (Å²) in [7, 11) is -3.20. The van der Waals surface area contributed by atoms with E-state index in [0.29, 0.717) is 32.2 Å². The first kappa shape index (κ1) is 20.7. The zero-order valence-electron chi connectivity index (χ0n) is 14.9. The third kappa shape index (κ3) is 7.04. The van der Waals surface area contributed by atoms with Crippen LogP contribution in [0.5, 0.6) is 0 Å². The lowest BCUT2D eigenvalue weighted by atomic mass is 9.98. The maximum absolute atomic E-state index is 11.9. The van der Waals surface area contributed by atoms with Crippen molar-refractivity contribution in [2.75, 3.05) is 45.1 Å². The molecule has 1 saturated heterocycles. The molecule has 0 aromatic rings. The van der Waals surface area contributed by atoms with Crippen molar-refractivity contribution in [3.8, 4) is 0 Å². The van der Waals surface area contributed by atoms with Crippen LogP contribution in [0.1, 0.15) is 33.6 Å². The molecule has 2 N–H and O–H groups in total. The monoisotopic (exact) mass is 362 g/mol. The molecule has 8 nitrogen and oxygen atoms in total. The normalized spacial score (nSPS) is 19.2. The second kappa shape index (κ2) is 10.5. The number of ether oxygens (including phenoxy) is 1. The van der Waals surface area contributed by atoms with Crippen molar-refractivity contribution in [1.29, 1.82) is 0 Å². The van der Waals surface area contributed by atoms with Crippen LogP contribution in [-0.2, 0) is 19.6 Å². The molecule has 0 radical (unpaired) electrons. The first-order valence-electron chi connectivity index (χ1n) is 8.60. The van der Waals surface area contributed by atoms with Gasteiger partial charge in [-0.15, -0.1) is 0 Å². The van der Waals surface area contributed by atoms with Gasteiger partial charge in [0.1, 0.15) is 0 Å². The number of guanidine groups is 1. The quantitative estimate of drug-likeness (QED) is 0.276. The van der Waals surface area contributed by atoms with Gasteiger partial charge in [-0.05, 0) is 33.6 Å². The number of carbonyl (C=O) groups is 1. The second-order valence-electron chi connectivity index (χ2n) is 5.57. The molecule has 0 bridgehead atoms. The molecular formula is C15H30N4O4S. The number of nitrogens with one attached hydrogen (secondary N) is 2. The van der Waals surface area contributed by atoms with Crippen LogP contribution < -0.4 is 10.0 Å². The average molecular weight is 362 g/mol. The summed E-state index contributed by atoms with van der Waals surface area (Å²) in [6.45, 7) is 8.49. The Labute approximate surface area is 145 Å². The van der Waals surface area contributed by atoms with E-state index in [9.17, 15) is 13.2 Å². The molecule has 24 heavy (non-hydrogen) atoms. The van der Waals surface area contributed by atoms with E-state index in [0.717, 1.165) is 19.4 Å². The van der Waals surface area contributed by atoms with Crippen LogP contribution >= 0.6 is 0 Å². The fraction of sp³-hybridized carbons (Fsp3) is 0.867. The lowest BCUT2D eigenvalue weighted by Crippen LogP contribution is -2.48. The summed E-state index contributed by atoms with van der Waals surface area (Å²) in [4.78, 5) is 18.5. The average Bonchev–Trinajstić information content (AvgIpc) is 2.58. The van der Waals surface area contributed by atoms with E-state index < -0.39 is 10.0 Å². The van der Waals surface area contributed by atoms with E-state index in [1.807, 2.05) is 11.8 Å². The summed E-state index contributed by atoms with van der Waals surface area (Å²) in [5.41, 5.74) is 0. The van der Waals surface area contributed by atoms with Crippen LogP contribution in [0.15, 0.2) is 4.99 Å². The van der Waals surface area contributed by atoms with Gasteiger partial charge in [0.25, 0.3) is 0 Å². The molecule has 140 valence electrons. The summed E-state index contributed by atoms with van der Waals surface area (Å²) in [6, 6.07) is 0. The molecule has 0 spiro atoms. The van der Waals surface area contributed by atoms with Crippen LogP contribution in [0.4, 0.5) is 0 Å². The fourth-order valence-electron chi connectivity index (χ4n) is 2.51. The number of carbonyl (C=O) groups excluding carboxylic acids is 1. The molecule has 1 aliphatic heterocycles. The third-order valence-corrected chi connectivity index (χ3v) is 5.16. The Balaban J connectivity index is 2.62. The SMILES string of the molecule is CCNC(=NCCNS(=O)(=O)CC)N1CCCC(C(=O)OCC)C1. The van der Waals surface area contributed by atoms with Gasteiger partial charge in [0.15, 0.2) is 5.96 Å². The van der Waals surface area contributed by atoms with Gasteiger partial charge in [-0.3, -0.25) is 9.79 Å². The van der Waals surface area contributed by atoms with Gasteiger partial charge in [0.05, 0.1) is 24.8 Å². The van der Waals surface area contributed by atoms with Crippen LogP contribution in [-0.4, -0.2) is 70.3 Å². The van der Waals surface area contributed by atoms with Gasteiger partial charge in [0, 0.05) is 26.2 Å². The predicted molar refractivity (Wildman–Crippen MR) is 94.4 cm³/mol. The highest BCUT2D eigenvalue weighted by atomic mass is 32.2. The van der Waals surface area contributed by atoms with Crippen LogP contribution in [0.3, 0.4) is 0 Å². The molecule has 0 aromatic carbocycles. The summed E-state index contributed by atoms with van der Waals surface area (Å²) in [5.74, 6) is 0.474. The molecule has 0 amide bonds. The van der Waals surface area contributed by atoms with Crippen LogP contribution in [0.2, 0.25) is 0 Å². The maximum Gasteiger partial charge on any atom is 0.310 e. The first-order chi connectivity index (χ1) is 11.4. The van der Waals surface area contributed by atoms with Gasteiger partial charge in [0.2, 0.25) is 10.0 Å². The minimum Gasteiger partial charge on any atom is -0.466 e. The highest BCUT2D eigenvalue weighted by Crippen LogP contribution is 2.18. The van der Waals surface area contributed by atoms with E-state index in [1.165, 1.54) is 0 Å². The highest BCUT2D eigenvalue weighted by molar-refractivity contribution is 7.89. The molecule has 0 aromatic heterocycles. The molecule has 0 saturated carbocycles. The van der Waals surface area contributed by atoms with E-state index >= 15 is 0 Å². The summed E-state index contributed by atoms with van der Waals surface area (Å²) >= 11 is 0. The summed E-state index contributed by atoms with van der Waals surface area (Å²) in [5, 5.41) is 3.20. The molecule has 1 aliphatic rings. The minimum atomic E-state index is -3.20. The third-order valence-electron chi connectivity index (χ3n) is 3.75. The van der Waals surface area contributed by atoms with Gasteiger partial charge in [-0.2, -0.15) is 0 Å². The van der Waals surface area contributed by atoms with E-state index in [-0.39, 0.29) is 24.2 Å². The Bertz CT molecular complexity index is 522. The minimum absolute atomic E-state index is 0.0596. The Hall–Kier alpha value is -1.35. The van der Waals surface area contributed by atoms with Gasteiger partial charge in [-0.25, -0.2) is 13.1 Å². The molecule has 0 aliphatic carbocycles. The number of nitrogens with zero attached hydrogens (tertiary/aromatic N) is 2. The largest absolute Gasteiger partial charge is 0.466 e. The second-order valence-corrected chi connectivity index (χ2v) is 7.67. The predicted octanol–water partition coefficient (Wildman–Crippen LogP) is 0.166. The summed E-state index contributed by atoms with van der Waals surface area (Å²) < 4.78 is 30.4. The molecule has 1 unspecified atom stereocenters. The van der Waals surface area contributed by atoms with Crippen LogP contribution in [0.25, 0.3) is 0 Å². The maximum atomic E-state index is 11.9. The van der Waals surface area contributed by atoms with Crippen molar-refractivity contribution in [3.05, 3.63) is 0 Å². The van der Waals surface area contributed by atoms with E-state index in [1.54, 1.807) is 13.8 Å². The van der Waals surface area contributed by atoms with E-state index in [4.69, 9.17) is 4.74 Å². The number of piperidine rings is 1. The Kier molecular flexibility index (Phi) is 9.05. The molecule has 1 heterocycles. The zero-order valence-corrected chi connectivity index (χ0v) is 15.7. The van der Waals surface area contributed by atoms with E-state index in [2.05, 4.69) is 15.0 Å². The van der Waals surface area contributed by atoms with Crippen molar-refractivity contribution in [3.63, 3.8) is 0 Å². The fourth-order valence-corrected chi connectivity index (χ4v) is 3.12. The Morgan fingerprint density at radius 1 is 1.33 bits per heavy atom. The molecule has 1 atom stereocenters. The standard InChI is InChI=1S/C15H30N4O4S/c1-4-16-15(17-9-10-18-24(21,22)6-3)19-11-7-8-13(12-19)14(20)23-5-2/h13,18H,4-12H2,1-3H3,(H,16,17). The smallest absolute Gasteiger partial charge is 0.310 e. The topological polar surface area (TPSA) is 100 Å². The van der Waals surface area contributed by atoms with Crippen LogP contribution in [0, 0.1) is 5.92 Å². The summed E-state index contributed by atoms with van der Waals surface area (Å²) in [6.07, 6.45) is 1.72. The number of likely N-dealkylation sites (tertiary alicyclic amines) is 1. The van der Waals surface area contributed by atoms with Crippen molar-refractivity contribution in [2.24, 2.45) is 10.9 Å². The lowest BCUT2D eigenvalue weighted by Gasteiger charge is -2.34. The lowest BCUT2D eigenvalue weighted by molar-refractivity contribution is -0.149. The number of rotatable bonds is 8. The Morgan fingerprint density at radius 2 is 2.08 bits per heavy atom. The van der Waals surface area contributed by atoms with Crippen molar-refractivity contribution in [2.45, 2.75) is 33.6 Å². The number of esters is 1. The number of sulfonamides is 1. The van der Waals surface area contributed by atoms with Crippen molar-refractivity contribution < 1.29 is 17.9 Å². The van der Waals surface area contributed by atoms with Crippen molar-refractivity contribution in [1.82, 2.24) is 14.9 Å². The number of hydrogen-bond acceptors (Lipinski definition) is 5.